The van der Waals surface area contributed by atoms with Gasteiger partial charge in [0.05, 0.1) is 5.41 Å². The summed E-state index contributed by atoms with van der Waals surface area (Å²) in [5.41, 5.74) is 0.572. The van der Waals surface area contributed by atoms with Gasteiger partial charge in [-0.15, -0.1) is 0 Å². The average molecular weight is 242 g/mol. The van der Waals surface area contributed by atoms with Crippen LogP contribution in [0.3, 0.4) is 0 Å². The van der Waals surface area contributed by atoms with Crippen molar-refractivity contribution in [3.05, 3.63) is 48.0 Å². The summed E-state index contributed by atoms with van der Waals surface area (Å²) in [5.74, 6) is -0.171. The second kappa shape index (κ2) is 4.81. The molecule has 0 bridgehead atoms. The number of hydrogen-bond donors (Lipinski definition) is 0. The minimum Gasteiger partial charge on any atom is -0.460 e. The maximum absolute atomic E-state index is 11.7. The van der Waals surface area contributed by atoms with E-state index in [9.17, 15) is 4.79 Å². The lowest BCUT2D eigenvalue weighted by Crippen LogP contribution is -2.22. The second-order valence-electron chi connectivity index (χ2n) is 5.51. The van der Waals surface area contributed by atoms with E-state index in [1.807, 2.05) is 39.0 Å². The lowest BCUT2D eigenvalue weighted by Gasteiger charge is -2.16. The maximum atomic E-state index is 11.7. The first-order valence-electron chi connectivity index (χ1n) is 6.12. The van der Waals surface area contributed by atoms with E-state index in [0.29, 0.717) is 6.61 Å². The topological polar surface area (TPSA) is 26.3 Å². The molecule has 0 fully saturated rings. The van der Waals surface area contributed by atoms with Crippen molar-refractivity contribution >= 4 is 16.7 Å². The van der Waals surface area contributed by atoms with E-state index in [1.165, 1.54) is 10.8 Å². The van der Waals surface area contributed by atoms with Gasteiger partial charge in [0.15, 0.2) is 0 Å². The molecule has 0 heterocycles. The Morgan fingerprint density at radius 3 is 2.39 bits per heavy atom. The molecule has 2 heteroatoms. The molecule has 0 atom stereocenters. The van der Waals surface area contributed by atoms with Crippen LogP contribution >= 0.6 is 0 Å². The monoisotopic (exact) mass is 242 g/mol. The number of benzene rings is 2. The lowest BCUT2D eigenvalue weighted by atomic mass is 9.97. The van der Waals surface area contributed by atoms with Crippen LogP contribution in [-0.2, 0) is 16.1 Å². The van der Waals surface area contributed by atoms with Gasteiger partial charge in [-0.3, -0.25) is 4.79 Å². The van der Waals surface area contributed by atoms with Crippen LogP contribution in [0.25, 0.3) is 10.8 Å². The fraction of sp³-hybridized carbons (Fsp3) is 0.312. The van der Waals surface area contributed by atoms with Crippen molar-refractivity contribution in [2.75, 3.05) is 0 Å². The maximum Gasteiger partial charge on any atom is 0.311 e. The summed E-state index contributed by atoms with van der Waals surface area (Å²) < 4.78 is 5.30. The molecule has 0 N–H and O–H groups in total. The van der Waals surface area contributed by atoms with Gasteiger partial charge in [0.2, 0.25) is 0 Å². The normalized spacial score (nSPS) is 11.5. The van der Waals surface area contributed by atoms with Crippen LogP contribution in [0.1, 0.15) is 26.3 Å². The van der Waals surface area contributed by atoms with Crippen LogP contribution in [0, 0.1) is 5.41 Å². The van der Waals surface area contributed by atoms with Crippen LogP contribution in [-0.4, -0.2) is 5.97 Å². The Labute approximate surface area is 108 Å². The minimum atomic E-state index is -0.448. The number of esters is 1. The number of ether oxygens (including phenoxy) is 1. The Balaban J connectivity index is 2.11. The van der Waals surface area contributed by atoms with E-state index in [4.69, 9.17) is 4.74 Å². The molecule has 0 aliphatic rings. The first-order valence-corrected chi connectivity index (χ1v) is 6.12. The fourth-order valence-corrected chi connectivity index (χ4v) is 1.69. The van der Waals surface area contributed by atoms with Gasteiger partial charge in [0.25, 0.3) is 0 Å². The highest BCUT2D eigenvalue weighted by Crippen LogP contribution is 2.19. The highest BCUT2D eigenvalue weighted by molar-refractivity contribution is 5.83. The molecule has 0 unspecified atom stereocenters. The third-order valence-electron chi connectivity index (χ3n) is 2.80. The molecule has 2 nitrogen and oxygen atoms in total. The van der Waals surface area contributed by atoms with Crippen LogP contribution in [0.15, 0.2) is 42.5 Å². The highest BCUT2D eigenvalue weighted by Gasteiger charge is 2.22. The number of fused-ring (bicyclic) bond motifs is 1. The molecule has 2 rings (SSSR count). The second-order valence-corrected chi connectivity index (χ2v) is 5.51. The van der Waals surface area contributed by atoms with Crippen molar-refractivity contribution in [3.8, 4) is 0 Å². The molecule has 0 aliphatic carbocycles. The molecule has 0 amide bonds. The predicted octanol–water partition coefficient (Wildman–Crippen LogP) is 3.93. The van der Waals surface area contributed by atoms with Gasteiger partial charge in [-0.05, 0) is 43.2 Å². The van der Waals surface area contributed by atoms with Gasteiger partial charge < -0.3 is 4.74 Å². The zero-order valence-electron chi connectivity index (χ0n) is 11.1. The molecule has 18 heavy (non-hydrogen) atoms. The van der Waals surface area contributed by atoms with E-state index in [0.717, 1.165) is 5.56 Å². The lowest BCUT2D eigenvalue weighted by molar-refractivity contribution is -0.154. The molecular weight excluding hydrogens is 224 g/mol. The summed E-state index contributed by atoms with van der Waals surface area (Å²) in [6.45, 7) is 5.90. The van der Waals surface area contributed by atoms with Gasteiger partial charge in [0.1, 0.15) is 6.61 Å². The van der Waals surface area contributed by atoms with Gasteiger partial charge in [-0.1, -0.05) is 36.4 Å². The van der Waals surface area contributed by atoms with Crippen molar-refractivity contribution in [1.82, 2.24) is 0 Å². The fourth-order valence-electron chi connectivity index (χ4n) is 1.69. The molecule has 0 aromatic heterocycles. The van der Waals surface area contributed by atoms with Gasteiger partial charge in [-0.25, -0.2) is 0 Å². The minimum absolute atomic E-state index is 0.171. The number of rotatable bonds is 2. The zero-order chi connectivity index (χ0) is 13.2. The average Bonchev–Trinajstić information content (AvgIpc) is 2.34. The summed E-state index contributed by atoms with van der Waals surface area (Å²) in [6.07, 6.45) is 0. The Morgan fingerprint density at radius 2 is 1.72 bits per heavy atom. The molecule has 2 aromatic carbocycles. The van der Waals surface area contributed by atoms with Crippen molar-refractivity contribution in [2.45, 2.75) is 27.4 Å². The third kappa shape index (κ3) is 2.89. The SMILES string of the molecule is CC(C)(C)C(=O)OCc1ccc2ccccc2c1. The van der Waals surface area contributed by atoms with Crippen LogP contribution < -0.4 is 0 Å². The Kier molecular flexibility index (Phi) is 3.37. The van der Waals surface area contributed by atoms with Crippen LogP contribution in [0.2, 0.25) is 0 Å². The third-order valence-corrected chi connectivity index (χ3v) is 2.80. The summed E-state index contributed by atoms with van der Waals surface area (Å²) >= 11 is 0. The molecule has 0 aliphatic heterocycles. The van der Waals surface area contributed by atoms with Gasteiger partial charge >= 0.3 is 5.97 Å². The standard InChI is InChI=1S/C16H18O2/c1-16(2,3)15(17)18-11-12-8-9-13-6-4-5-7-14(13)10-12/h4-10H,11H2,1-3H3. The van der Waals surface area contributed by atoms with Crippen LogP contribution in [0.5, 0.6) is 0 Å². The summed E-state index contributed by atoms with van der Waals surface area (Å²) in [4.78, 5) is 11.7. The van der Waals surface area contributed by atoms with Crippen molar-refractivity contribution in [2.24, 2.45) is 5.41 Å². The highest BCUT2D eigenvalue weighted by atomic mass is 16.5. The summed E-state index contributed by atoms with van der Waals surface area (Å²) in [7, 11) is 0. The van der Waals surface area contributed by atoms with E-state index < -0.39 is 5.41 Å². The Bertz CT molecular complexity index is 565. The molecule has 0 saturated carbocycles. The largest absolute Gasteiger partial charge is 0.460 e. The molecule has 94 valence electrons. The van der Waals surface area contributed by atoms with E-state index in [1.54, 1.807) is 0 Å². The van der Waals surface area contributed by atoms with Crippen molar-refractivity contribution < 1.29 is 9.53 Å². The molecule has 0 radical (unpaired) electrons. The van der Waals surface area contributed by atoms with E-state index >= 15 is 0 Å². The van der Waals surface area contributed by atoms with E-state index in [2.05, 4.69) is 24.3 Å². The zero-order valence-corrected chi connectivity index (χ0v) is 11.1. The molecule has 0 saturated heterocycles. The quantitative estimate of drug-likeness (QED) is 0.746. The van der Waals surface area contributed by atoms with Crippen molar-refractivity contribution in [1.29, 1.82) is 0 Å². The van der Waals surface area contributed by atoms with Gasteiger partial charge in [-0.2, -0.15) is 0 Å². The summed E-state index contributed by atoms with van der Waals surface area (Å²) in [6, 6.07) is 14.3. The Hall–Kier alpha value is -1.83. The molecular formula is C16H18O2. The van der Waals surface area contributed by atoms with Crippen molar-refractivity contribution in [3.63, 3.8) is 0 Å². The smallest absolute Gasteiger partial charge is 0.311 e. The Morgan fingerprint density at radius 1 is 1.06 bits per heavy atom. The van der Waals surface area contributed by atoms with E-state index in [-0.39, 0.29) is 5.97 Å². The number of hydrogen-bond acceptors (Lipinski definition) is 2. The summed E-state index contributed by atoms with van der Waals surface area (Å²) in [5, 5.41) is 2.37. The molecule has 2 aromatic rings. The first-order chi connectivity index (χ1) is 8.47. The van der Waals surface area contributed by atoms with Crippen LogP contribution in [0.4, 0.5) is 0 Å². The number of carbonyl (C=O) groups excluding carboxylic acids is 1. The first kappa shape index (κ1) is 12.6. The predicted molar refractivity (Wildman–Crippen MR) is 73.2 cm³/mol. The number of carbonyl (C=O) groups is 1. The van der Waals surface area contributed by atoms with Gasteiger partial charge in [0, 0.05) is 0 Å². The molecule has 0 spiro atoms.